The van der Waals surface area contributed by atoms with Gasteiger partial charge in [0, 0.05) is 50.0 Å². The molecule has 1 aromatic heterocycles. The molecule has 1 fully saturated rings. The Kier molecular flexibility index (Phi) is 5.39. The van der Waals surface area contributed by atoms with E-state index in [2.05, 4.69) is 16.2 Å². The zero-order valence-electron chi connectivity index (χ0n) is 16.0. The third-order valence-corrected chi connectivity index (χ3v) is 5.06. The first-order valence-electron chi connectivity index (χ1n) is 9.47. The first-order valence-corrected chi connectivity index (χ1v) is 9.47. The summed E-state index contributed by atoms with van der Waals surface area (Å²) in [5.74, 6) is 0.844. The van der Waals surface area contributed by atoms with E-state index >= 15 is 0 Å². The lowest BCUT2D eigenvalue weighted by Crippen LogP contribution is -2.48. The van der Waals surface area contributed by atoms with E-state index < -0.39 is 0 Å². The molecule has 4 rings (SSSR count). The molecule has 0 spiro atoms. The number of rotatable bonds is 5. The Morgan fingerprint density at radius 2 is 1.71 bits per heavy atom. The van der Waals surface area contributed by atoms with Gasteiger partial charge in [0.15, 0.2) is 0 Å². The summed E-state index contributed by atoms with van der Waals surface area (Å²) in [6, 6.07) is 17.4. The number of hydrogen-bond acceptors (Lipinski definition) is 4. The lowest BCUT2D eigenvalue weighted by atomic mass is 10.1. The molecule has 2 aromatic carbocycles. The summed E-state index contributed by atoms with van der Waals surface area (Å²) < 4.78 is 7.06. The minimum Gasteiger partial charge on any atom is -0.497 e. The van der Waals surface area contributed by atoms with Crippen molar-refractivity contribution in [3.05, 3.63) is 78.1 Å². The molecular formula is C22H24N4O2. The number of para-hydroxylation sites is 1. The molecule has 0 N–H and O–H groups in total. The van der Waals surface area contributed by atoms with Crippen molar-refractivity contribution >= 4 is 5.91 Å². The van der Waals surface area contributed by atoms with E-state index in [4.69, 9.17) is 4.74 Å². The standard InChI is InChI=1S/C22H24N4O2/c1-28-21-9-7-19(8-10-21)22(27)25-13-11-24(12-14-25)16-18-15-23-26(17-18)20-5-3-2-4-6-20/h2-10,15,17H,11-14,16H2,1H3. The highest BCUT2D eigenvalue weighted by Gasteiger charge is 2.22. The number of methoxy groups -OCH3 is 1. The van der Waals surface area contributed by atoms with Crippen LogP contribution in [0.4, 0.5) is 0 Å². The number of carbonyl (C=O) groups is 1. The minimum absolute atomic E-state index is 0.0826. The summed E-state index contributed by atoms with van der Waals surface area (Å²) in [5, 5.41) is 4.46. The molecule has 6 heteroatoms. The monoisotopic (exact) mass is 376 g/mol. The summed E-state index contributed by atoms with van der Waals surface area (Å²) in [7, 11) is 1.62. The van der Waals surface area contributed by atoms with Crippen LogP contribution in [0.1, 0.15) is 15.9 Å². The van der Waals surface area contributed by atoms with Gasteiger partial charge in [-0.15, -0.1) is 0 Å². The highest BCUT2D eigenvalue weighted by Crippen LogP contribution is 2.16. The molecule has 0 bridgehead atoms. The summed E-state index contributed by atoms with van der Waals surface area (Å²) >= 11 is 0. The molecule has 6 nitrogen and oxygen atoms in total. The van der Waals surface area contributed by atoms with Gasteiger partial charge >= 0.3 is 0 Å². The van der Waals surface area contributed by atoms with Gasteiger partial charge in [0.1, 0.15) is 5.75 Å². The van der Waals surface area contributed by atoms with Crippen LogP contribution in [0.15, 0.2) is 67.0 Å². The number of amides is 1. The van der Waals surface area contributed by atoms with Gasteiger partial charge in [0.05, 0.1) is 19.0 Å². The maximum atomic E-state index is 12.7. The van der Waals surface area contributed by atoms with Crippen molar-refractivity contribution in [2.75, 3.05) is 33.3 Å². The van der Waals surface area contributed by atoms with Crippen LogP contribution in [0, 0.1) is 0 Å². The fourth-order valence-electron chi connectivity index (χ4n) is 3.45. The van der Waals surface area contributed by atoms with Gasteiger partial charge in [0.25, 0.3) is 5.91 Å². The van der Waals surface area contributed by atoms with Gasteiger partial charge in [-0.05, 0) is 36.4 Å². The third kappa shape index (κ3) is 4.07. The first-order chi connectivity index (χ1) is 13.7. The second-order valence-corrected chi connectivity index (χ2v) is 6.93. The Morgan fingerprint density at radius 1 is 1.00 bits per heavy atom. The van der Waals surface area contributed by atoms with Crippen LogP contribution < -0.4 is 4.74 Å². The van der Waals surface area contributed by atoms with Gasteiger partial charge in [-0.3, -0.25) is 9.69 Å². The van der Waals surface area contributed by atoms with Crippen LogP contribution in [0.25, 0.3) is 5.69 Å². The number of carbonyl (C=O) groups excluding carboxylic acids is 1. The highest BCUT2D eigenvalue weighted by molar-refractivity contribution is 5.94. The zero-order chi connectivity index (χ0) is 19.3. The topological polar surface area (TPSA) is 50.6 Å². The average Bonchev–Trinajstić information content (AvgIpc) is 3.23. The molecular weight excluding hydrogens is 352 g/mol. The van der Waals surface area contributed by atoms with E-state index in [0.717, 1.165) is 44.2 Å². The van der Waals surface area contributed by atoms with Crippen molar-refractivity contribution in [1.82, 2.24) is 19.6 Å². The molecule has 0 atom stereocenters. The van der Waals surface area contributed by atoms with E-state index in [1.54, 1.807) is 7.11 Å². The summed E-state index contributed by atoms with van der Waals surface area (Å²) in [6.07, 6.45) is 3.99. The van der Waals surface area contributed by atoms with Crippen LogP contribution in [-0.2, 0) is 6.54 Å². The predicted molar refractivity (Wildman–Crippen MR) is 108 cm³/mol. The number of piperazine rings is 1. The molecule has 0 saturated carbocycles. The van der Waals surface area contributed by atoms with Gasteiger partial charge in [-0.2, -0.15) is 5.10 Å². The van der Waals surface area contributed by atoms with Crippen LogP contribution >= 0.6 is 0 Å². The van der Waals surface area contributed by atoms with Crippen molar-refractivity contribution in [1.29, 1.82) is 0 Å². The molecule has 0 unspecified atom stereocenters. The van der Waals surface area contributed by atoms with E-state index in [9.17, 15) is 4.79 Å². The second kappa shape index (κ2) is 8.27. The van der Waals surface area contributed by atoms with E-state index in [1.807, 2.05) is 70.4 Å². The number of ether oxygens (including phenoxy) is 1. The number of benzene rings is 2. The number of hydrogen-bond donors (Lipinski definition) is 0. The normalized spacial score (nSPS) is 14.8. The smallest absolute Gasteiger partial charge is 0.253 e. The van der Waals surface area contributed by atoms with Gasteiger partial charge in [-0.25, -0.2) is 4.68 Å². The molecule has 1 amide bonds. The molecule has 3 aromatic rings. The molecule has 1 saturated heterocycles. The maximum Gasteiger partial charge on any atom is 0.253 e. The van der Waals surface area contributed by atoms with Crippen molar-refractivity contribution in [2.24, 2.45) is 0 Å². The van der Waals surface area contributed by atoms with Crippen LogP contribution in [0.2, 0.25) is 0 Å². The predicted octanol–water partition coefficient (Wildman–Crippen LogP) is 2.84. The van der Waals surface area contributed by atoms with E-state index in [1.165, 1.54) is 5.56 Å². The summed E-state index contributed by atoms with van der Waals surface area (Å²) in [5.41, 5.74) is 2.95. The molecule has 1 aliphatic rings. The molecule has 144 valence electrons. The maximum absolute atomic E-state index is 12.7. The first kappa shape index (κ1) is 18.3. The molecule has 0 aliphatic carbocycles. The Hall–Kier alpha value is -3.12. The summed E-state index contributed by atoms with van der Waals surface area (Å²) in [6.45, 7) is 4.03. The SMILES string of the molecule is COc1ccc(C(=O)N2CCN(Cc3cnn(-c4ccccc4)c3)CC2)cc1. The minimum atomic E-state index is 0.0826. The Balaban J connectivity index is 1.32. The molecule has 2 heterocycles. The fraction of sp³-hybridized carbons (Fsp3) is 0.273. The Labute approximate surface area is 164 Å². The third-order valence-electron chi connectivity index (χ3n) is 5.06. The molecule has 1 aliphatic heterocycles. The van der Waals surface area contributed by atoms with Crippen LogP contribution in [0.5, 0.6) is 5.75 Å². The Bertz CT molecular complexity index is 913. The molecule has 0 radical (unpaired) electrons. The van der Waals surface area contributed by atoms with Crippen molar-refractivity contribution in [2.45, 2.75) is 6.54 Å². The van der Waals surface area contributed by atoms with Gasteiger partial charge in [-0.1, -0.05) is 18.2 Å². The number of aromatic nitrogens is 2. The quantitative estimate of drug-likeness (QED) is 0.687. The van der Waals surface area contributed by atoms with Crippen LogP contribution in [0.3, 0.4) is 0 Å². The van der Waals surface area contributed by atoms with E-state index in [-0.39, 0.29) is 5.91 Å². The largest absolute Gasteiger partial charge is 0.497 e. The van der Waals surface area contributed by atoms with Crippen molar-refractivity contribution in [3.63, 3.8) is 0 Å². The van der Waals surface area contributed by atoms with E-state index in [0.29, 0.717) is 5.56 Å². The van der Waals surface area contributed by atoms with Crippen molar-refractivity contribution in [3.8, 4) is 11.4 Å². The lowest BCUT2D eigenvalue weighted by molar-refractivity contribution is 0.0628. The average molecular weight is 376 g/mol. The van der Waals surface area contributed by atoms with Gasteiger partial charge in [0.2, 0.25) is 0 Å². The summed E-state index contributed by atoms with van der Waals surface area (Å²) in [4.78, 5) is 17.0. The lowest BCUT2D eigenvalue weighted by Gasteiger charge is -2.34. The fourth-order valence-corrected chi connectivity index (χ4v) is 3.45. The zero-order valence-corrected chi connectivity index (χ0v) is 16.0. The number of nitrogens with zero attached hydrogens (tertiary/aromatic N) is 4. The second-order valence-electron chi connectivity index (χ2n) is 6.93. The van der Waals surface area contributed by atoms with Crippen molar-refractivity contribution < 1.29 is 9.53 Å². The molecule has 28 heavy (non-hydrogen) atoms. The van der Waals surface area contributed by atoms with Crippen LogP contribution in [-0.4, -0.2) is 58.8 Å². The van der Waals surface area contributed by atoms with Gasteiger partial charge < -0.3 is 9.64 Å². The Morgan fingerprint density at radius 3 is 2.39 bits per heavy atom. The highest BCUT2D eigenvalue weighted by atomic mass is 16.5.